The first kappa shape index (κ1) is 34.2. The molecule has 1 N–H and O–H groups in total. The van der Waals surface area contributed by atoms with E-state index in [1.165, 1.54) is 0 Å². The van der Waals surface area contributed by atoms with E-state index < -0.39 is 6.04 Å². The molecule has 1 atom stereocenters. The summed E-state index contributed by atoms with van der Waals surface area (Å²) in [5, 5.41) is 3.09. The number of piperazine rings is 1. The van der Waals surface area contributed by atoms with E-state index in [9.17, 15) is 14.4 Å². The van der Waals surface area contributed by atoms with Crippen LogP contribution in [0.3, 0.4) is 0 Å². The van der Waals surface area contributed by atoms with E-state index in [1.54, 1.807) is 14.7 Å². The van der Waals surface area contributed by atoms with Crippen molar-refractivity contribution in [1.29, 1.82) is 0 Å². The molecular weight excluding hydrogens is 568 g/mol. The predicted octanol–water partition coefficient (Wildman–Crippen LogP) is 5.18. The Morgan fingerprint density at radius 3 is 1.91 bits per heavy atom. The highest BCUT2D eigenvalue weighted by Crippen LogP contribution is 2.28. The lowest BCUT2D eigenvalue weighted by molar-refractivity contribution is -0.127. The molecule has 45 heavy (non-hydrogen) atoms. The zero-order chi connectivity index (χ0) is 31.9. The van der Waals surface area contributed by atoms with Crippen LogP contribution in [-0.4, -0.2) is 116 Å². The minimum atomic E-state index is -0.817. The van der Waals surface area contributed by atoms with E-state index >= 15 is 0 Å². The minimum absolute atomic E-state index is 0.0385. The fourth-order valence-electron chi connectivity index (χ4n) is 5.95. The van der Waals surface area contributed by atoms with Crippen molar-refractivity contribution in [2.75, 3.05) is 77.0 Å². The van der Waals surface area contributed by atoms with Gasteiger partial charge in [0.2, 0.25) is 5.91 Å². The molecule has 10 heteroatoms. The van der Waals surface area contributed by atoms with Gasteiger partial charge in [0.1, 0.15) is 6.04 Å². The Morgan fingerprint density at radius 1 is 0.778 bits per heavy atom. The third-order valence-electron chi connectivity index (χ3n) is 8.58. The Morgan fingerprint density at radius 2 is 1.36 bits per heavy atom. The van der Waals surface area contributed by atoms with Crippen LogP contribution >= 0.6 is 0 Å². The molecule has 0 aromatic heterocycles. The van der Waals surface area contributed by atoms with Crippen molar-refractivity contribution in [3.05, 3.63) is 60.7 Å². The van der Waals surface area contributed by atoms with Crippen LogP contribution in [0.15, 0.2) is 60.7 Å². The van der Waals surface area contributed by atoms with Gasteiger partial charge in [0.15, 0.2) is 0 Å². The van der Waals surface area contributed by atoms with Gasteiger partial charge >= 0.3 is 12.1 Å². The van der Waals surface area contributed by atoms with Crippen LogP contribution in [0, 0.1) is 0 Å². The topological polar surface area (TPSA) is 88.7 Å². The average Bonchev–Trinajstić information content (AvgIpc) is 3.08. The van der Waals surface area contributed by atoms with E-state index in [1.807, 2.05) is 65.6 Å². The van der Waals surface area contributed by atoms with Crippen molar-refractivity contribution in [2.45, 2.75) is 58.4 Å². The van der Waals surface area contributed by atoms with Crippen molar-refractivity contribution in [2.24, 2.45) is 0 Å². The number of hydrogen-bond acceptors (Lipinski definition) is 5. The van der Waals surface area contributed by atoms with Gasteiger partial charge in [-0.1, -0.05) is 75.9 Å². The number of hydrogen-bond donors (Lipinski definition) is 1. The standard InChI is InChI=1S/C35H52N6O4/c1-3-5-13-20-38(21-14-6-4-2)34(43)39-23-24-40(32(29-39)33(42)36-19-22-37-25-27-45-28-26-37)35(44)41(30-15-9-7-10-16-30)31-17-11-8-12-18-31/h7-12,15-18,32H,3-6,13-14,19-29H2,1-2H3,(H,36,42)/t32-/m0/s1. The molecule has 5 amide bonds. The molecule has 0 saturated carbocycles. The van der Waals surface area contributed by atoms with Crippen LogP contribution in [0.2, 0.25) is 0 Å². The summed E-state index contributed by atoms with van der Waals surface area (Å²) in [5.41, 5.74) is 1.44. The van der Waals surface area contributed by atoms with Gasteiger partial charge < -0.3 is 24.8 Å². The summed E-state index contributed by atoms with van der Waals surface area (Å²) >= 11 is 0. The van der Waals surface area contributed by atoms with Gasteiger partial charge in [0, 0.05) is 52.4 Å². The number of anilines is 2. The zero-order valence-electron chi connectivity index (χ0n) is 27.2. The monoisotopic (exact) mass is 620 g/mol. The van der Waals surface area contributed by atoms with Gasteiger partial charge in [-0.3, -0.25) is 14.6 Å². The Balaban J connectivity index is 1.55. The molecule has 0 bridgehead atoms. The molecule has 2 aliphatic heterocycles. The summed E-state index contributed by atoms with van der Waals surface area (Å²) < 4.78 is 5.45. The second kappa shape index (κ2) is 18.4. The van der Waals surface area contributed by atoms with Crippen molar-refractivity contribution >= 4 is 29.3 Å². The normalized spacial score (nSPS) is 17.2. The largest absolute Gasteiger partial charge is 0.379 e. The number of benzene rings is 2. The third-order valence-corrected chi connectivity index (χ3v) is 8.58. The summed E-state index contributed by atoms with van der Waals surface area (Å²) in [4.78, 5) is 51.5. The number of morpholine rings is 1. The summed E-state index contributed by atoms with van der Waals surface area (Å²) in [6.07, 6.45) is 6.24. The molecule has 0 aliphatic carbocycles. The Labute approximate surface area is 269 Å². The number of rotatable bonds is 14. The number of nitrogens with one attached hydrogen (secondary N) is 1. The van der Waals surface area contributed by atoms with Crippen LogP contribution in [0.25, 0.3) is 0 Å². The molecule has 2 aliphatic rings. The lowest BCUT2D eigenvalue weighted by Gasteiger charge is -2.43. The fourth-order valence-corrected chi connectivity index (χ4v) is 5.95. The van der Waals surface area contributed by atoms with Gasteiger partial charge in [0.05, 0.1) is 31.1 Å². The molecule has 2 saturated heterocycles. The fraction of sp³-hybridized carbons (Fsp3) is 0.571. The lowest BCUT2D eigenvalue weighted by Crippen LogP contribution is -2.64. The van der Waals surface area contributed by atoms with Crippen molar-refractivity contribution < 1.29 is 19.1 Å². The van der Waals surface area contributed by atoms with Crippen LogP contribution in [0.1, 0.15) is 52.4 Å². The maximum absolute atomic E-state index is 14.4. The molecule has 0 radical (unpaired) electrons. The molecule has 0 unspecified atom stereocenters. The van der Waals surface area contributed by atoms with Gasteiger partial charge in [-0.2, -0.15) is 0 Å². The highest BCUT2D eigenvalue weighted by Gasteiger charge is 2.40. The van der Waals surface area contributed by atoms with Gasteiger partial charge in [-0.15, -0.1) is 0 Å². The Kier molecular flexibility index (Phi) is 14.0. The third kappa shape index (κ3) is 9.93. The first-order valence-electron chi connectivity index (χ1n) is 16.9. The number of ether oxygens (including phenoxy) is 1. The average molecular weight is 621 g/mol. The number of amides is 5. The van der Waals surface area contributed by atoms with Gasteiger partial charge in [-0.05, 0) is 37.1 Å². The van der Waals surface area contributed by atoms with E-state index in [4.69, 9.17) is 4.74 Å². The van der Waals surface area contributed by atoms with Gasteiger partial charge in [0.25, 0.3) is 0 Å². The maximum Gasteiger partial charge on any atom is 0.329 e. The van der Waals surface area contributed by atoms with Crippen LogP contribution < -0.4 is 10.2 Å². The molecule has 0 spiro atoms. The van der Waals surface area contributed by atoms with E-state index in [-0.39, 0.29) is 31.1 Å². The first-order valence-corrected chi connectivity index (χ1v) is 16.9. The molecular formula is C35H52N6O4. The summed E-state index contributed by atoms with van der Waals surface area (Å²) in [6, 6.07) is 17.9. The molecule has 2 aromatic carbocycles. The molecule has 4 rings (SSSR count). The quantitative estimate of drug-likeness (QED) is 0.294. The van der Waals surface area contributed by atoms with E-state index in [0.29, 0.717) is 45.9 Å². The summed E-state index contributed by atoms with van der Waals surface area (Å²) in [6.45, 7) is 10.8. The summed E-state index contributed by atoms with van der Waals surface area (Å²) in [7, 11) is 0. The van der Waals surface area contributed by atoms with Gasteiger partial charge in [-0.25, -0.2) is 9.59 Å². The first-order chi connectivity index (χ1) is 22.0. The molecule has 2 fully saturated rings. The molecule has 2 heterocycles. The molecule has 2 aromatic rings. The predicted molar refractivity (Wildman–Crippen MR) is 179 cm³/mol. The smallest absolute Gasteiger partial charge is 0.329 e. The van der Waals surface area contributed by atoms with Crippen molar-refractivity contribution in [3.63, 3.8) is 0 Å². The number of nitrogens with zero attached hydrogens (tertiary/aromatic N) is 5. The zero-order valence-corrected chi connectivity index (χ0v) is 27.2. The summed E-state index contributed by atoms with van der Waals surface area (Å²) in [5.74, 6) is -0.237. The molecule has 10 nitrogen and oxygen atoms in total. The second-order valence-corrected chi connectivity index (χ2v) is 11.9. The van der Waals surface area contributed by atoms with Crippen molar-refractivity contribution in [3.8, 4) is 0 Å². The van der Waals surface area contributed by atoms with E-state index in [2.05, 4.69) is 24.1 Å². The van der Waals surface area contributed by atoms with Crippen LogP contribution in [-0.2, 0) is 9.53 Å². The lowest BCUT2D eigenvalue weighted by atomic mass is 10.1. The number of carbonyl (C=O) groups is 3. The number of carbonyl (C=O) groups excluding carboxylic acids is 3. The number of urea groups is 2. The highest BCUT2D eigenvalue weighted by atomic mass is 16.5. The highest BCUT2D eigenvalue weighted by molar-refractivity contribution is 6.01. The minimum Gasteiger partial charge on any atom is -0.379 e. The number of unbranched alkanes of at least 4 members (excludes halogenated alkanes) is 4. The second-order valence-electron chi connectivity index (χ2n) is 11.9. The number of para-hydroxylation sites is 2. The Bertz CT molecular complexity index is 1130. The van der Waals surface area contributed by atoms with Crippen molar-refractivity contribution in [1.82, 2.24) is 24.9 Å². The molecule has 246 valence electrons. The maximum atomic E-state index is 14.4. The van der Waals surface area contributed by atoms with Crippen LogP contribution in [0.4, 0.5) is 21.0 Å². The Hall–Kier alpha value is -3.63. The van der Waals surface area contributed by atoms with Crippen LogP contribution in [0.5, 0.6) is 0 Å². The SMILES string of the molecule is CCCCCN(CCCCC)C(=O)N1CCN(C(=O)N(c2ccccc2)c2ccccc2)[C@H](C(=O)NCCN2CCOCC2)C1. The van der Waals surface area contributed by atoms with E-state index in [0.717, 1.165) is 63.0 Å².